The molecule has 6 nitrogen and oxygen atoms in total. The van der Waals surface area contributed by atoms with Gasteiger partial charge in [-0.2, -0.15) is 0 Å². The number of amides is 1. The van der Waals surface area contributed by atoms with E-state index >= 15 is 0 Å². The zero-order chi connectivity index (χ0) is 13.1. The monoisotopic (exact) mass is 266 g/mol. The van der Waals surface area contributed by atoms with E-state index in [0.29, 0.717) is 5.69 Å². The second-order valence-corrected chi connectivity index (χ2v) is 3.76. The number of carbonyl (C=O) groups excluding carboxylic acids is 1. The predicted octanol–water partition coefficient (Wildman–Crippen LogP) is 3.09. The van der Waals surface area contributed by atoms with Crippen LogP contribution in [0.2, 0.25) is 5.02 Å². The van der Waals surface area contributed by atoms with Gasteiger partial charge in [0.25, 0.3) is 11.6 Å². The lowest BCUT2D eigenvalue weighted by Crippen LogP contribution is -2.10. The number of hydrogen-bond donors (Lipinski definition) is 1. The maximum Gasteiger partial charge on any atom is 0.291 e. The molecule has 1 amide bonds. The van der Waals surface area contributed by atoms with Gasteiger partial charge in [-0.3, -0.25) is 14.9 Å². The van der Waals surface area contributed by atoms with Crippen LogP contribution in [-0.2, 0) is 0 Å². The van der Waals surface area contributed by atoms with E-state index in [4.69, 9.17) is 16.0 Å². The number of nitro benzene ring substituents is 1. The number of nitro groups is 1. The molecule has 0 saturated heterocycles. The van der Waals surface area contributed by atoms with Crippen LogP contribution in [0.25, 0.3) is 0 Å². The number of benzene rings is 1. The smallest absolute Gasteiger partial charge is 0.291 e. The number of hydrogen-bond acceptors (Lipinski definition) is 4. The molecule has 1 N–H and O–H groups in total. The number of anilines is 1. The van der Waals surface area contributed by atoms with E-state index in [2.05, 4.69) is 5.32 Å². The third kappa shape index (κ3) is 2.49. The van der Waals surface area contributed by atoms with Gasteiger partial charge in [-0.1, -0.05) is 11.6 Å². The topological polar surface area (TPSA) is 85.4 Å². The highest BCUT2D eigenvalue weighted by atomic mass is 35.5. The standard InChI is InChI=1S/C11H7ClN2O4/c12-8-6-7(3-4-9(8)14(16)17)13-11(15)10-2-1-5-18-10/h1-6H,(H,13,15). The Hall–Kier alpha value is -2.34. The van der Waals surface area contributed by atoms with E-state index in [1.54, 1.807) is 6.07 Å². The van der Waals surface area contributed by atoms with Crippen molar-refractivity contribution in [1.29, 1.82) is 0 Å². The van der Waals surface area contributed by atoms with Gasteiger partial charge >= 0.3 is 0 Å². The summed E-state index contributed by atoms with van der Waals surface area (Å²) in [6.07, 6.45) is 1.37. The molecule has 0 radical (unpaired) electrons. The van der Waals surface area contributed by atoms with Crippen LogP contribution in [-0.4, -0.2) is 10.8 Å². The van der Waals surface area contributed by atoms with Crippen molar-refractivity contribution in [3.05, 3.63) is 57.5 Å². The molecule has 0 saturated carbocycles. The molecule has 0 unspecified atom stereocenters. The summed E-state index contributed by atoms with van der Waals surface area (Å²) in [5, 5.41) is 13.0. The van der Waals surface area contributed by atoms with Crippen LogP contribution in [0.4, 0.5) is 11.4 Å². The van der Waals surface area contributed by atoms with E-state index in [0.717, 1.165) is 0 Å². The predicted molar refractivity (Wildman–Crippen MR) is 64.8 cm³/mol. The van der Waals surface area contributed by atoms with Gasteiger partial charge < -0.3 is 9.73 Å². The van der Waals surface area contributed by atoms with Crippen molar-refractivity contribution in [3.8, 4) is 0 Å². The van der Waals surface area contributed by atoms with Crippen LogP contribution in [0.3, 0.4) is 0 Å². The molecule has 7 heteroatoms. The Labute approximate surface area is 106 Å². The normalized spacial score (nSPS) is 10.1. The summed E-state index contributed by atoms with van der Waals surface area (Å²) >= 11 is 5.72. The van der Waals surface area contributed by atoms with Gasteiger partial charge in [0.05, 0.1) is 11.2 Å². The number of furan rings is 1. The van der Waals surface area contributed by atoms with Crippen molar-refractivity contribution in [2.75, 3.05) is 5.32 Å². The average Bonchev–Trinajstić information content (AvgIpc) is 2.81. The highest BCUT2D eigenvalue weighted by molar-refractivity contribution is 6.33. The Balaban J connectivity index is 2.18. The van der Waals surface area contributed by atoms with Crippen molar-refractivity contribution in [2.24, 2.45) is 0 Å². The fraction of sp³-hybridized carbons (Fsp3) is 0. The van der Waals surface area contributed by atoms with E-state index in [1.807, 2.05) is 0 Å². The summed E-state index contributed by atoms with van der Waals surface area (Å²) in [6.45, 7) is 0. The molecule has 0 atom stereocenters. The van der Waals surface area contributed by atoms with Gasteiger partial charge in [-0.25, -0.2) is 0 Å². The molecular weight excluding hydrogens is 260 g/mol. The van der Waals surface area contributed by atoms with Gasteiger partial charge in [-0.15, -0.1) is 0 Å². The minimum absolute atomic E-state index is 0.0442. The van der Waals surface area contributed by atoms with Crippen molar-refractivity contribution in [1.82, 2.24) is 0 Å². The highest BCUT2D eigenvalue weighted by Gasteiger charge is 2.14. The van der Waals surface area contributed by atoms with Gasteiger partial charge in [0, 0.05) is 11.8 Å². The van der Waals surface area contributed by atoms with Crippen LogP contribution < -0.4 is 5.32 Å². The third-order valence-electron chi connectivity index (χ3n) is 2.15. The van der Waals surface area contributed by atoms with Gasteiger partial charge in [-0.05, 0) is 24.3 Å². The summed E-state index contributed by atoms with van der Waals surface area (Å²) in [5.41, 5.74) is 0.139. The minimum Gasteiger partial charge on any atom is -0.459 e. The van der Waals surface area contributed by atoms with Crippen molar-refractivity contribution < 1.29 is 14.1 Å². The summed E-state index contributed by atoms with van der Waals surface area (Å²) < 4.78 is 4.91. The van der Waals surface area contributed by atoms with Crippen LogP contribution in [0.1, 0.15) is 10.6 Å². The number of nitrogens with one attached hydrogen (secondary N) is 1. The second-order valence-electron chi connectivity index (χ2n) is 3.35. The SMILES string of the molecule is O=C(Nc1ccc([N+](=O)[O-])c(Cl)c1)c1ccco1. The maximum absolute atomic E-state index is 11.6. The van der Waals surface area contributed by atoms with Crippen LogP contribution in [0, 0.1) is 10.1 Å². The lowest BCUT2D eigenvalue weighted by atomic mass is 10.2. The fourth-order valence-electron chi connectivity index (χ4n) is 1.33. The number of rotatable bonds is 3. The number of carbonyl (C=O) groups is 1. The molecule has 0 aliphatic carbocycles. The molecule has 1 aromatic carbocycles. The first-order chi connectivity index (χ1) is 8.58. The Bertz CT molecular complexity index is 595. The van der Waals surface area contributed by atoms with Gasteiger partial charge in [0.15, 0.2) is 5.76 Å². The Kier molecular flexibility index (Phi) is 3.29. The minimum atomic E-state index is -0.597. The molecule has 1 aromatic heterocycles. The molecule has 0 aliphatic rings. The Morgan fingerprint density at radius 2 is 2.17 bits per heavy atom. The zero-order valence-electron chi connectivity index (χ0n) is 8.92. The summed E-state index contributed by atoms with van der Waals surface area (Å²) in [7, 11) is 0. The summed E-state index contributed by atoms with van der Waals surface area (Å²) in [4.78, 5) is 21.6. The molecule has 92 valence electrons. The molecule has 18 heavy (non-hydrogen) atoms. The van der Waals surface area contributed by atoms with Gasteiger partial charge in [0.2, 0.25) is 0 Å². The lowest BCUT2D eigenvalue weighted by Gasteiger charge is -2.03. The van der Waals surface area contributed by atoms with Crippen molar-refractivity contribution >= 4 is 28.9 Å². The fourth-order valence-corrected chi connectivity index (χ4v) is 1.58. The third-order valence-corrected chi connectivity index (χ3v) is 2.45. The molecule has 0 spiro atoms. The second kappa shape index (κ2) is 4.89. The molecule has 0 aliphatic heterocycles. The highest BCUT2D eigenvalue weighted by Crippen LogP contribution is 2.27. The number of nitrogens with zero attached hydrogens (tertiary/aromatic N) is 1. The average molecular weight is 267 g/mol. The molecule has 0 fully saturated rings. The summed E-state index contributed by atoms with van der Waals surface area (Å²) in [5.74, 6) is -0.311. The maximum atomic E-state index is 11.6. The lowest BCUT2D eigenvalue weighted by molar-refractivity contribution is -0.384. The van der Waals surface area contributed by atoms with Crippen molar-refractivity contribution in [2.45, 2.75) is 0 Å². The zero-order valence-corrected chi connectivity index (χ0v) is 9.68. The molecule has 0 bridgehead atoms. The van der Waals surface area contributed by atoms with Gasteiger partial charge in [0.1, 0.15) is 5.02 Å². The van der Waals surface area contributed by atoms with E-state index < -0.39 is 10.8 Å². The van der Waals surface area contributed by atoms with Crippen molar-refractivity contribution in [3.63, 3.8) is 0 Å². The molecule has 2 rings (SSSR count). The van der Waals surface area contributed by atoms with Crippen LogP contribution in [0.5, 0.6) is 0 Å². The van der Waals surface area contributed by atoms with E-state index in [1.165, 1.54) is 30.5 Å². The first-order valence-corrected chi connectivity index (χ1v) is 5.24. The van der Waals surface area contributed by atoms with E-state index in [9.17, 15) is 14.9 Å². The Morgan fingerprint density at radius 3 is 2.72 bits per heavy atom. The quantitative estimate of drug-likeness (QED) is 0.683. The Morgan fingerprint density at radius 1 is 1.39 bits per heavy atom. The van der Waals surface area contributed by atoms with Crippen LogP contribution in [0.15, 0.2) is 41.0 Å². The first-order valence-electron chi connectivity index (χ1n) is 4.87. The number of halogens is 1. The molecule has 2 aromatic rings. The molecule has 1 heterocycles. The first kappa shape index (κ1) is 12.1. The van der Waals surface area contributed by atoms with E-state index in [-0.39, 0.29) is 16.5 Å². The molecular formula is C11H7ClN2O4. The van der Waals surface area contributed by atoms with Crippen LogP contribution >= 0.6 is 11.6 Å². The summed E-state index contributed by atoms with van der Waals surface area (Å²) in [6, 6.07) is 7.01. The largest absolute Gasteiger partial charge is 0.459 e.